The fraction of sp³-hybridized carbons (Fsp3) is 0.238. The number of esters is 1. The minimum Gasteiger partial charge on any atom is -0.481 e. The SMILES string of the molecule is Cc1cc(C)c(OCC(=O)OCc2cn3ccccc3c2C#N)c(C)c1. The summed E-state index contributed by atoms with van der Waals surface area (Å²) in [6, 6.07) is 11.8. The molecule has 2 heterocycles. The smallest absolute Gasteiger partial charge is 0.344 e. The molecule has 0 amide bonds. The molecule has 0 radical (unpaired) electrons. The molecule has 0 bridgehead atoms. The number of nitrogens with zero attached hydrogens (tertiary/aromatic N) is 2. The van der Waals surface area contributed by atoms with Crippen LogP contribution in [0.15, 0.2) is 42.7 Å². The van der Waals surface area contributed by atoms with Gasteiger partial charge in [0.25, 0.3) is 0 Å². The quantitative estimate of drug-likeness (QED) is 0.657. The molecule has 0 aliphatic carbocycles. The highest BCUT2D eigenvalue weighted by Gasteiger charge is 2.13. The maximum absolute atomic E-state index is 12.1. The van der Waals surface area contributed by atoms with Gasteiger partial charge in [0.15, 0.2) is 6.61 Å². The van der Waals surface area contributed by atoms with E-state index in [9.17, 15) is 10.1 Å². The van der Waals surface area contributed by atoms with E-state index in [4.69, 9.17) is 9.47 Å². The third-order valence-electron chi connectivity index (χ3n) is 4.20. The van der Waals surface area contributed by atoms with Gasteiger partial charge in [-0.05, 0) is 44.0 Å². The van der Waals surface area contributed by atoms with Crippen LogP contribution in [0.2, 0.25) is 0 Å². The number of carbonyl (C=O) groups is 1. The van der Waals surface area contributed by atoms with Gasteiger partial charge in [-0.15, -0.1) is 0 Å². The lowest BCUT2D eigenvalue weighted by Gasteiger charge is -2.12. The average molecular weight is 348 g/mol. The summed E-state index contributed by atoms with van der Waals surface area (Å²) in [4.78, 5) is 12.1. The molecule has 0 saturated heterocycles. The van der Waals surface area contributed by atoms with Crippen molar-refractivity contribution in [2.75, 3.05) is 6.61 Å². The van der Waals surface area contributed by atoms with Crippen LogP contribution >= 0.6 is 0 Å². The summed E-state index contributed by atoms with van der Waals surface area (Å²) in [6.45, 7) is 5.80. The highest BCUT2D eigenvalue weighted by molar-refractivity contribution is 5.72. The Labute approximate surface area is 152 Å². The second kappa shape index (κ2) is 7.32. The van der Waals surface area contributed by atoms with Crippen LogP contribution in [-0.2, 0) is 16.1 Å². The summed E-state index contributed by atoms with van der Waals surface area (Å²) in [5.41, 5.74) is 5.11. The first-order chi connectivity index (χ1) is 12.5. The molecule has 0 aliphatic heterocycles. The Morgan fingerprint density at radius 2 is 1.92 bits per heavy atom. The molecular formula is C21H20N2O3. The lowest BCUT2D eigenvalue weighted by Crippen LogP contribution is -2.15. The number of aryl methyl sites for hydroxylation is 3. The predicted molar refractivity (Wildman–Crippen MR) is 98.1 cm³/mol. The molecule has 3 rings (SSSR count). The van der Waals surface area contributed by atoms with Crippen LogP contribution < -0.4 is 4.74 Å². The molecule has 0 saturated carbocycles. The summed E-state index contributed by atoms with van der Waals surface area (Å²) < 4.78 is 12.8. The highest BCUT2D eigenvalue weighted by atomic mass is 16.6. The Hall–Kier alpha value is -3.26. The third kappa shape index (κ3) is 3.55. The van der Waals surface area contributed by atoms with Crippen molar-refractivity contribution in [3.05, 3.63) is 70.5 Å². The Morgan fingerprint density at radius 1 is 1.19 bits per heavy atom. The summed E-state index contributed by atoms with van der Waals surface area (Å²) in [7, 11) is 0. The van der Waals surface area contributed by atoms with Crippen molar-refractivity contribution in [2.24, 2.45) is 0 Å². The second-order valence-electron chi connectivity index (χ2n) is 6.31. The van der Waals surface area contributed by atoms with Crippen molar-refractivity contribution in [2.45, 2.75) is 27.4 Å². The number of benzene rings is 1. The number of pyridine rings is 1. The molecule has 5 heteroatoms. The number of ether oxygens (including phenoxy) is 2. The van der Waals surface area contributed by atoms with Crippen LogP contribution in [0.25, 0.3) is 5.52 Å². The first-order valence-corrected chi connectivity index (χ1v) is 8.34. The first-order valence-electron chi connectivity index (χ1n) is 8.34. The largest absolute Gasteiger partial charge is 0.481 e. The van der Waals surface area contributed by atoms with Gasteiger partial charge in [0.2, 0.25) is 0 Å². The van der Waals surface area contributed by atoms with E-state index in [2.05, 4.69) is 6.07 Å². The Kier molecular flexibility index (Phi) is 4.94. The summed E-state index contributed by atoms with van der Waals surface area (Å²) in [5.74, 6) is 0.239. The van der Waals surface area contributed by atoms with Crippen LogP contribution in [0.4, 0.5) is 0 Å². The van der Waals surface area contributed by atoms with E-state index in [-0.39, 0.29) is 13.2 Å². The number of nitriles is 1. The molecule has 0 aliphatic rings. The highest BCUT2D eigenvalue weighted by Crippen LogP contribution is 2.24. The molecule has 0 N–H and O–H groups in total. The van der Waals surface area contributed by atoms with Crippen LogP contribution in [0, 0.1) is 32.1 Å². The summed E-state index contributed by atoms with van der Waals surface area (Å²) in [5, 5.41) is 9.38. The molecular weight excluding hydrogens is 328 g/mol. The number of hydrogen-bond donors (Lipinski definition) is 0. The normalized spacial score (nSPS) is 10.5. The molecule has 0 spiro atoms. The zero-order valence-electron chi connectivity index (χ0n) is 15.1. The third-order valence-corrected chi connectivity index (χ3v) is 4.20. The van der Waals surface area contributed by atoms with E-state index >= 15 is 0 Å². The van der Waals surface area contributed by atoms with Crippen molar-refractivity contribution >= 4 is 11.5 Å². The zero-order valence-corrected chi connectivity index (χ0v) is 15.1. The van der Waals surface area contributed by atoms with Gasteiger partial charge >= 0.3 is 5.97 Å². The molecule has 0 unspecified atom stereocenters. The van der Waals surface area contributed by atoms with Crippen LogP contribution in [0.3, 0.4) is 0 Å². The summed E-state index contributed by atoms with van der Waals surface area (Å²) >= 11 is 0. The first kappa shape index (κ1) is 17.6. The molecule has 1 aromatic carbocycles. The number of fused-ring (bicyclic) bond motifs is 1. The molecule has 3 aromatic rings. The molecule has 0 fully saturated rings. The maximum atomic E-state index is 12.1. The Balaban J connectivity index is 1.64. The Bertz CT molecular complexity index is 989. The fourth-order valence-electron chi connectivity index (χ4n) is 3.14. The maximum Gasteiger partial charge on any atom is 0.344 e. The van der Waals surface area contributed by atoms with E-state index in [0.717, 1.165) is 22.2 Å². The van der Waals surface area contributed by atoms with E-state index in [1.807, 2.05) is 61.7 Å². The van der Waals surface area contributed by atoms with Gasteiger partial charge < -0.3 is 13.9 Å². The van der Waals surface area contributed by atoms with Gasteiger partial charge in [0.1, 0.15) is 18.4 Å². The predicted octanol–water partition coefficient (Wildman–Crippen LogP) is 3.86. The molecule has 0 atom stereocenters. The molecule has 5 nitrogen and oxygen atoms in total. The van der Waals surface area contributed by atoms with E-state index < -0.39 is 5.97 Å². The van der Waals surface area contributed by atoms with Gasteiger partial charge in [0.05, 0.1) is 11.1 Å². The van der Waals surface area contributed by atoms with Crippen LogP contribution in [0.1, 0.15) is 27.8 Å². The van der Waals surface area contributed by atoms with E-state index in [1.54, 1.807) is 6.20 Å². The zero-order chi connectivity index (χ0) is 18.7. The molecule has 26 heavy (non-hydrogen) atoms. The van der Waals surface area contributed by atoms with Gasteiger partial charge in [-0.3, -0.25) is 0 Å². The minimum atomic E-state index is -0.469. The van der Waals surface area contributed by atoms with Gasteiger partial charge in [0, 0.05) is 18.0 Å². The van der Waals surface area contributed by atoms with Crippen molar-refractivity contribution in [3.63, 3.8) is 0 Å². The van der Waals surface area contributed by atoms with Gasteiger partial charge in [-0.25, -0.2) is 4.79 Å². The number of aromatic nitrogens is 1. The Morgan fingerprint density at radius 3 is 2.62 bits per heavy atom. The van der Waals surface area contributed by atoms with E-state index in [1.165, 1.54) is 0 Å². The van der Waals surface area contributed by atoms with Crippen molar-refractivity contribution in [1.29, 1.82) is 5.26 Å². The molecule has 132 valence electrons. The summed E-state index contributed by atoms with van der Waals surface area (Å²) in [6.07, 6.45) is 3.66. The van der Waals surface area contributed by atoms with Gasteiger partial charge in [-0.1, -0.05) is 23.8 Å². The molecule has 2 aromatic heterocycles. The topological polar surface area (TPSA) is 63.7 Å². The van der Waals surface area contributed by atoms with E-state index in [0.29, 0.717) is 16.9 Å². The number of carbonyl (C=O) groups excluding carboxylic acids is 1. The number of hydrogen-bond acceptors (Lipinski definition) is 4. The van der Waals surface area contributed by atoms with Crippen LogP contribution in [0.5, 0.6) is 5.75 Å². The monoisotopic (exact) mass is 348 g/mol. The number of rotatable bonds is 5. The lowest BCUT2D eigenvalue weighted by molar-refractivity contribution is -0.147. The second-order valence-corrected chi connectivity index (χ2v) is 6.31. The average Bonchev–Trinajstić information content (AvgIpc) is 2.96. The standard InChI is InChI=1S/C21H20N2O3/c1-14-8-15(2)21(16(3)9-14)26-13-20(24)25-12-17-11-23-7-5-4-6-19(23)18(17)10-22/h4-9,11H,12-13H2,1-3H3. The van der Waals surface area contributed by atoms with Crippen LogP contribution in [-0.4, -0.2) is 17.0 Å². The van der Waals surface area contributed by atoms with Crippen molar-refractivity contribution in [1.82, 2.24) is 4.40 Å². The van der Waals surface area contributed by atoms with Crippen molar-refractivity contribution < 1.29 is 14.3 Å². The van der Waals surface area contributed by atoms with Crippen molar-refractivity contribution in [3.8, 4) is 11.8 Å². The lowest BCUT2D eigenvalue weighted by atomic mass is 10.1. The fourth-order valence-corrected chi connectivity index (χ4v) is 3.14. The van der Waals surface area contributed by atoms with Gasteiger partial charge in [-0.2, -0.15) is 5.26 Å². The minimum absolute atomic E-state index is 0.0403.